The summed E-state index contributed by atoms with van der Waals surface area (Å²) < 4.78 is 31.1. The molecule has 0 saturated carbocycles. The largest absolute Gasteiger partial charge is 0.389 e. The van der Waals surface area contributed by atoms with Crippen LogP contribution in [0.3, 0.4) is 0 Å². The molecule has 7 heteroatoms. The first-order valence-electron chi connectivity index (χ1n) is 5.73. The lowest BCUT2D eigenvalue weighted by Gasteiger charge is -2.11. The van der Waals surface area contributed by atoms with Gasteiger partial charge in [-0.3, -0.25) is 0 Å². The van der Waals surface area contributed by atoms with Crippen molar-refractivity contribution >= 4 is 27.2 Å². The minimum absolute atomic E-state index is 0.0823. The Hall–Kier alpha value is -1.02. The maximum Gasteiger partial charge on any atom is 0.215 e. The van der Waals surface area contributed by atoms with E-state index in [4.69, 9.17) is 22.7 Å². The summed E-state index contributed by atoms with van der Waals surface area (Å²) in [6.07, 6.45) is -0.160. The molecule has 0 spiro atoms. The van der Waals surface area contributed by atoms with E-state index in [0.717, 1.165) is 5.56 Å². The molecule has 0 aromatic heterocycles. The summed E-state index contributed by atoms with van der Waals surface area (Å²) in [7, 11) is -1.83. The zero-order valence-corrected chi connectivity index (χ0v) is 12.6. The van der Waals surface area contributed by atoms with Crippen LogP contribution in [0.4, 0.5) is 0 Å². The number of benzene rings is 1. The van der Waals surface area contributed by atoms with E-state index in [1.165, 1.54) is 7.11 Å². The molecule has 0 radical (unpaired) electrons. The van der Waals surface area contributed by atoms with Crippen LogP contribution in [0, 0.1) is 0 Å². The molecule has 3 N–H and O–H groups in total. The van der Waals surface area contributed by atoms with Gasteiger partial charge in [-0.2, -0.15) is 0 Å². The maximum atomic E-state index is 11.8. The van der Waals surface area contributed by atoms with Crippen molar-refractivity contribution in [3.63, 3.8) is 0 Å². The zero-order valence-electron chi connectivity index (χ0n) is 10.9. The molecule has 0 amide bonds. The third kappa shape index (κ3) is 5.65. The average Bonchev–Trinajstić information content (AvgIpc) is 2.36. The Morgan fingerprint density at radius 2 is 2.00 bits per heavy atom. The molecule has 1 aromatic rings. The molecular formula is C12H18N2O3S2. The van der Waals surface area contributed by atoms with Gasteiger partial charge in [-0.1, -0.05) is 36.5 Å². The molecule has 0 aliphatic heterocycles. The molecule has 19 heavy (non-hydrogen) atoms. The fourth-order valence-electron chi connectivity index (χ4n) is 1.36. The number of methoxy groups -OCH3 is 1. The van der Waals surface area contributed by atoms with Gasteiger partial charge in [-0.15, -0.1) is 0 Å². The Balaban J connectivity index is 2.65. The molecule has 0 aliphatic carbocycles. The van der Waals surface area contributed by atoms with Crippen LogP contribution in [0.25, 0.3) is 0 Å². The highest BCUT2D eigenvalue weighted by Crippen LogP contribution is 2.08. The van der Waals surface area contributed by atoms with Crippen LogP contribution in [-0.4, -0.2) is 33.2 Å². The number of thiocarbonyl (C=S) groups is 1. The first-order valence-corrected chi connectivity index (χ1v) is 7.79. The Morgan fingerprint density at radius 1 is 1.42 bits per heavy atom. The van der Waals surface area contributed by atoms with Crippen molar-refractivity contribution < 1.29 is 13.2 Å². The molecule has 0 saturated heterocycles. The van der Waals surface area contributed by atoms with Gasteiger partial charge in [0.2, 0.25) is 10.0 Å². The van der Waals surface area contributed by atoms with Crippen LogP contribution in [0.2, 0.25) is 0 Å². The van der Waals surface area contributed by atoms with Crippen LogP contribution in [0.5, 0.6) is 0 Å². The van der Waals surface area contributed by atoms with Crippen molar-refractivity contribution in [3.05, 3.63) is 35.4 Å². The lowest BCUT2D eigenvalue weighted by molar-refractivity contribution is 0.122. The number of nitrogens with one attached hydrogen (secondary N) is 1. The Kier molecular flexibility index (Phi) is 5.86. The monoisotopic (exact) mass is 302 g/mol. The number of ether oxygens (including phenoxy) is 1. The lowest BCUT2D eigenvalue weighted by Crippen LogP contribution is -2.32. The zero-order chi connectivity index (χ0) is 14.5. The molecule has 0 aliphatic rings. The summed E-state index contributed by atoms with van der Waals surface area (Å²) in [5.41, 5.74) is 6.87. The van der Waals surface area contributed by atoms with Gasteiger partial charge in [0.15, 0.2) is 0 Å². The number of nitrogens with two attached hydrogens (primary N) is 1. The minimum atomic E-state index is -3.37. The molecule has 1 unspecified atom stereocenters. The van der Waals surface area contributed by atoms with E-state index in [-0.39, 0.29) is 18.4 Å². The van der Waals surface area contributed by atoms with E-state index in [9.17, 15) is 8.42 Å². The van der Waals surface area contributed by atoms with Crippen LogP contribution in [0.15, 0.2) is 24.3 Å². The fraction of sp³-hybridized carbons (Fsp3) is 0.417. The van der Waals surface area contributed by atoms with Crippen LogP contribution >= 0.6 is 12.2 Å². The number of rotatable bonds is 7. The molecule has 0 bridgehead atoms. The molecule has 0 heterocycles. The van der Waals surface area contributed by atoms with Crippen molar-refractivity contribution in [2.75, 3.05) is 13.7 Å². The summed E-state index contributed by atoms with van der Waals surface area (Å²) in [6.45, 7) is 2.04. The van der Waals surface area contributed by atoms with Crippen molar-refractivity contribution in [3.8, 4) is 0 Å². The molecule has 1 aromatic carbocycles. The second kappa shape index (κ2) is 6.95. The highest BCUT2D eigenvalue weighted by Gasteiger charge is 2.13. The highest BCUT2D eigenvalue weighted by atomic mass is 32.2. The highest BCUT2D eigenvalue weighted by molar-refractivity contribution is 7.88. The van der Waals surface area contributed by atoms with Gasteiger partial charge in [-0.25, -0.2) is 13.1 Å². The summed E-state index contributed by atoms with van der Waals surface area (Å²) in [6, 6.07) is 6.83. The minimum Gasteiger partial charge on any atom is -0.389 e. The van der Waals surface area contributed by atoms with E-state index in [1.807, 2.05) is 0 Å². The van der Waals surface area contributed by atoms with Crippen molar-refractivity contribution in [2.24, 2.45) is 5.73 Å². The van der Waals surface area contributed by atoms with Gasteiger partial charge in [-0.05, 0) is 12.5 Å². The van der Waals surface area contributed by atoms with Gasteiger partial charge >= 0.3 is 0 Å². The Bertz CT molecular complexity index is 526. The van der Waals surface area contributed by atoms with Crippen LogP contribution < -0.4 is 10.5 Å². The predicted octanol–water partition coefficient (Wildman–Crippen LogP) is 0.775. The van der Waals surface area contributed by atoms with E-state index in [2.05, 4.69) is 4.72 Å². The third-order valence-corrected chi connectivity index (χ3v) is 4.14. The average molecular weight is 302 g/mol. The SMILES string of the molecule is COC(C)CNS(=O)(=O)Cc1ccc(C(N)=S)cc1. The Morgan fingerprint density at radius 3 is 2.47 bits per heavy atom. The number of sulfonamides is 1. The van der Waals surface area contributed by atoms with Gasteiger partial charge in [0.1, 0.15) is 4.99 Å². The standard InChI is InChI=1S/C12H18N2O3S2/c1-9(17-2)7-14-19(15,16)8-10-3-5-11(6-4-10)12(13)18/h3-6,9,14H,7-8H2,1-2H3,(H2,13,18). The van der Waals surface area contributed by atoms with Gasteiger partial charge in [0, 0.05) is 19.2 Å². The molecule has 1 atom stereocenters. The fourth-order valence-corrected chi connectivity index (χ4v) is 2.72. The topological polar surface area (TPSA) is 81.4 Å². The predicted molar refractivity (Wildman–Crippen MR) is 79.4 cm³/mol. The molecule has 0 fully saturated rings. The molecule has 5 nitrogen and oxygen atoms in total. The molecular weight excluding hydrogens is 284 g/mol. The van der Waals surface area contributed by atoms with Gasteiger partial charge < -0.3 is 10.5 Å². The smallest absolute Gasteiger partial charge is 0.215 e. The second-order valence-electron chi connectivity index (χ2n) is 4.22. The second-order valence-corrected chi connectivity index (χ2v) is 6.46. The first kappa shape index (κ1) is 16.0. The Labute approximate surface area is 119 Å². The summed E-state index contributed by atoms with van der Waals surface area (Å²) >= 11 is 4.83. The maximum absolute atomic E-state index is 11.8. The van der Waals surface area contributed by atoms with Gasteiger partial charge in [0.05, 0.1) is 11.9 Å². The molecule has 1 rings (SSSR count). The van der Waals surface area contributed by atoms with Crippen molar-refractivity contribution in [1.82, 2.24) is 4.72 Å². The van der Waals surface area contributed by atoms with Crippen molar-refractivity contribution in [1.29, 1.82) is 0 Å². The summed E-state index contributed by atoms with van der Waals surface area (Å²) in [4.78, 5) is 0.293. The van der Waals surface area contributed by atoms with Crippen LogP contribution in [0.1, 0.15) is 18.1 Å². The quantitative estimate of drug-likeness (QED) is 0.727. The number of hydrogen-bond acceptors (Lipinski definition) is 4. The summed E-state index contributed by atoms with van der Waals surface area (Å²) in [5.74, 6) is -0.0823. The van der Waals surface area contributed by atoms with E-state index in [0.29, 0.717) is 10.6 Å². The van der Waals surface area contributed by atoms with Gasteiger partial charge in [0.25, 0.3) is 0 Å². The third-order valence-electron chi connectivity index (χ3n) is 2.59. The normalized spacial score (nSPS) is 13.2. The molecule has 106 valence electrons. The van der Waals surface area contributed by atoms with E-state index in [1.54, 1.807) is 31.2 Å². The van der Waals surface area contributed by atoms with Crippen molar-refractivity contribution in [2.45, 2.75) is 18.8 Å². The van der Waals surface area contributed by atoms with E-state index < -0.39 is 10.0 Å². The van der Waals surface area contributed by atoms with E-state index >= 15 is 0 Å². The number of hydrogen-bond donors (Lipinski definition) is 2. The van der Waals surface area contributed by atoms with Crippen LogP contribution in [-0.2, 0) is 20.5 Å². The summed E-state index contributed by atoms with van der Waals surface area (Å²) in [5, 5.41) is 0. The lowest BCUT2D eigenvalue weighted by atomic mass is 10.1. The first-order chi connectivity index (χ1) is 8.84.